The molecule has 3 rings (SSSR count). The first-order chi connectivity index (χ1) is 14.0. The van der Waals surface area contributed by atoms with Gasteiger partial charge in [-0.3, -0.25) is 4.79 Å². The number of hydrogen-bond donors (Lipinski definition) is 2. The number of methoxy groups -OCH3 is 1. The van der Waals surface area contributed by atoms with Crippen molar-refractivity contribution in [1.82, 2.24) is 10.3 Å². The lowest BCUT2D eigenvalue weighted by Crippen LogP contribution is -2.24. The van der Waals surface area contributed by atoms with E-state index >= 15 is 0 Å². The minimum Gasteiger partial charge on any atom is -0.497 e. The Kier molecular flexibility index (Phi) is 7.73. The second kappa shape index (κ2) is 10.5. The van der Waals surface area contributed by atoms with E-state index in [1.807, 2.05) is 62.2 Å². The van der Waals surface area contributed by atoms with E-state index in [1.165, 1.54) is 0 Å². The molecule has 7 heteroatoms. The number of ether oxygens (including phenoxy) is 2. The summed E-state index contributed by atoms with van der Waals surface area (Å²) in [6.07, 6.45) is 0. The van der Waals surface area contributed by atoms with Crippen molar-refractivity contribution in [3.8, 4) is 17.2 Å². The molecule has 29 heavy (non-hydrogen) atoms. The molecule has 0 atom stereocenters. The maximum absolute atomic E-state index is 12.3. The first kappa shape index (κ1) is 21.4. The van der Waals surface area contributed by atoms with Gasteiger partial charge in [0.25, 0.3) is 5.91 Å². The summed E-state index contributed by atoms with van der Waals surface area (Å²) >= 11 is 0. The molecule has 3 N–H and O–H groups in total. The lowest BCUT2D eigenvalue weighted by Gasteiger charge is -2.10. The van der Waals surface area contributed by atoms with E-state index in [9.17, 15) is 4.79 Å². The molecule has 0 fully saturated rings. The first-order valence-corrected chi connectivity index (χ1v) is 8.76. The highest BCUT2D eigenvalue weighted by Gasteiger charge is 2.10. The third kappa shape index (κ3) is 6.07. The summed E-state index contributed by atoms with van der Waals surface area (Å²) in [6, 6.07) is 18.3. The summed E-state index contributed by atoms with van der Waals surface area (Å²) in [5, 5.41) is 2.84. The maximum atomic E-state index is 12.3. The molecule has 150 valence electrons. The Morgan fingerprint density at radius 3 is 2.38 bits per heavy atom. The molecule has 1 amide bonds. The van der Waals surface area contributed by atoms with Crippen molar-refractivity contribution < 1.29 is 19.1 Å². The third-order valence-electron chi connectivity index (χ3n) is 3.96. The van der Waals surface area contributed by atoms with E-state index in [1.54, 1.807) is 19.2 Å². The Labute approximate surface area is 169 Å². The number of benzene rings is 2. The van der Waals surface area contributed by atoms with Crippen molar-refractivity contribution in [2.45, 2.75) is 13.5 Å². The summed E-state index contributed by atoms with van der Waals surface area (Å²) in [6.45, 7) is 4.21. The highest BCUT2D eigenvalue weighted by molar-refractivity contribution is 5.98. The number of hydrogen-bond acceptors (Lipinski definition) is 6. The Morgan fingerprint density at radius 2 is 1.72 bits per heavy atom. The number of pyridine rings is 1. The molecule has 0 unspecified atom stereocenters. The summed E-state index contributed by atoms with van der Waals surface area (Å²) < 4.78 is 11.0. The van der Waals surface area contributed by atoms with E-state index in [-0.39, 0.29) is 11.7 Å². The van der Waals surface area contributed by atoms with Crippen LogP contribution in [0.15, 0.2) is 60.7 Å². The number of carbonyl (C=O) groups is 2. The summed E-state index contributed by atoms with van der Waals surface area (Å²) in [7, 11) is 1.61. The van der Waals surface area contributed by atoms with Crippen molar-refractivity contribution in [3.05, 3.63) is 77.5 Å². The topological polar surface area (TPSA) is 104 Å². The van der Waals surface area contributed by atoms with Gasteiger partial charge in [0.1, 0.15) is 29.9 Å². The fourth-order valence-corrected chi connectivity index (χ4v) is 2.52. The van der Waals surface area contributed by atoms with Gasteiger partial charge >= 0.3 is 0 Å². The number of amides is 1. The van der Waals surface area contributed by atoms with Gasteiger partial charge in [0.15, 0.2) is 0 Å². The largest absolute Gasteiger partial charge is 0.497 e. The van der Waals surface area contributed by atoms with Gasteiger partial charge in [0.2, 0.25) is 0 Å². The number of aromatic nitrogens is 1. The minimum atomic E-state index is -0.253. The number of nitrogens with one attached hydrogen (secondary N) is 1. The molecule has 0 radical (unpaired) electrons. The summed E-state index contributed by atoms with van der Waals surface area (Å²) in [4.78, 5) is 24.4. The van der Waals surface area contributed by atoms with Crippen LogP contribution in [0.2, 0.25) is 0 Å². The van der Waals surface area contributed by atoms with Crippen LogP contribution in [0.4, 0.5) is 5.82 Å². The molecule has 0 aliphatic rings. The molecule has 0 saturated heterocycles. The van der Waals surface area contributed by atoms with Crippen molar-refractivity contribution in [2.24, 2.45) is 0 Å². The average Bonchev–Trinajstić information content (AvgIpc) is 2.74. The van der Waals surface area contributed by atoms with Gasteiger partial charge in [-0.1, -0.05) is 18.2 Å². The molecule has 1 heterocycles. The van der Waals surface area contributed by atoms with Crippen molar-refractivity contribution in [2.75, 3.05) is 12.8 Å². The van der Waals surface area contributed by atoms with Gasteiger partial charge in [-0.25, -0.2) is 4.98 Å². The lowest BCUT2D eigenvalue weighted by molar-refractivity contribution is -0.0980. The van der Waals surface area contributed by atoms with Gasteiger partial charge in [-0.15, -0.1) is 0 Å². The van der Waals surface area contributed by atoms with Crippen LogP contribution < -0.4 is 20.5 Å². The molecule has 1 aromatic heterocycles. The van der Waals surface area contributed by atoms with E-state index in [0.717, 1.165) is 17.0 Å². The molecule has 0 spiro atoms. The van der Waals surface area contributed by atoms with E-state index < -0.39 is 0 Å². The van der Waals surface area contributed by atoms with Crippen molar-refractivity contribution in [3.63, 3.8) is 0 Å². The van der Waals surface area contributed by atoms with Gasteiger partial charge in [-0.05, 0) is 48.9 Å². The van der Waals surface area contributed by atoms with Crippen molar-refractivity contribution in [1.29, 1.82) is 0 Å². The van der Waals surface area contributed by atoms with Crippen LogP contribution in [0.1, 0.15) is 21.6 Å². The molecule has 0 aliphatic heterocycles. The second-order valence-electron chi connectivity index (χ2n) is 5.99. The smallest absolute Gasteiger partial charge is 0.255 e. The second-order valence-corrected chi connectivity index (χ2v) is 5.99. The van der Waals surface area contributed by atoms with Crippen LogP contribution in [-0.4, -0.2) is 24.8 Å². The first-order valence-electron chi connectivity index (χ1n) is 8.76. The van der Waals surface area contributed by atoms with Gasteiger partial charge in [0, 0.05) is 18.3 Å². The molecule has 0 aliphatic carbocycles. The number of carbonyl (C=O) groups excluding carboxylic acids is 2. The maximum Gasteiger partial charge on any atom is 0.255 e. The van der Waals surface area contributed by atoms with Crippen LogP contribution in [0.25, 0.3) is 0 Å². The number of nitrogen functional groups attached to an aromatic ring is 1. The van der Waals surface area contributed by atoms with Crippen LogP contribution in [0, 0.1) is 6.92 Å². The molecular weight excluding hydrogens is 370 g/mol. The monoisotopic (exact) mass is 393 g/mol. The summed E-state index contributed by atoms with van der Waals surface area (Å²) in [5.41, 5.74) is 7.90. The highest BCUT2D eigenvalue weighted by atomic mass is 16.5. The number of anilines is 1. The Hall–Kier alpha value is -3.87. The fourth-order valence-electron chi connectivity index (χ4n) is 2.52. The lowest BCUT2D eigenvalue weighted by atomic mass is 10.2. The Bertz CT molecular complexity index is 959. The average molecular weight is 393 g/mol. The predicted molar refractivity (Wildman–Crippen MR) is 111 cm³/mol. The molecule has 0 saturated carbocycles. The van der Waals surface area contributed by atoms with E-state index in [2.05, 4.69) is 10.3 Å². The number of aryl methyl sites for hydroxylation is 1. The molecule has 7 nitrogen and oxygen atoms in total. The quantitative estimate of drug-likeness (QED) is 0.664. The normalized spacial score (nSPS) is 9.72. The highest BCUT2D eigenvalue weighted by Crippen LogP contribution is 2.25. The third-order valence-corrected chi connectivity index (χ3v) is 3.96. The molecule has 0 bridgehead atoms. The number of rotatable bonds is 6. The fraction of sp³-hybridized carbons (Fsp3) is 0.136. The van der Waals surface area contributed by atoms with Gasteiger partial charge in [0.05, 0.1) is 12.7 Å². The zero-order valence-corrected chi connectivity index (χ0v) is 16.3. The number of nitrogens with zero attached hydrogens (tertiary/aromatic N) is 1. The zero-order chi connectivity index (χ0) is 21.2. The van der Waals surface area contributed by atoms with E-state index in [0.29, 0.717) is 23.6 Å². The Morgan fingerprint density at radius 1 is 1.03 bits per heavy atom. The van der Waals surface area contributed by atoms with Gasteiger partial charge in [-0.2, -0.15) is 0 Å². The minimum absolute atomic E-state index is 0.231. The van der Waals surface area contributed by atoms with Crippen LogP contribution in [0.3, 0.4) is 0 Å². The summed E-state index contributed by atoms with van der Waals surface area (Å²) in [5.74, 6) is 2.10. The number of nitrogens with two attached hydrogens (primary N) is 1. The predicted octanol–water partition coefficient (Wildman–Crippen LogP) is 3.52. The van der Waals surface area contributed by atoms with E-state index in [4.69, 9.17) is 20.0 Å². The van der Waals surface area contributed by atoms with Gasteiger partial charge < -0.3 is 25.3 Å². The van der Waals surface area contributed by atoms with Crippen molar-refractivity contribution >= 4 is 18.5 Å². The van der Waals surface area contributed by atoms with Crippen LogP contribution in [0.5, 0.6) is 17.2 Å². The molecule has 3 aromatic rings. The molecule has 2 aromatic carbocycles. The Balaban J connectivity index is 0.00000145. The SMILES string of the molecule is C=O.COc1cccc(Oc2ccc(CNC(=O)c3ccc(C)nc3N)cc2)c1. The molecular formula is C22H23N3O4. The van der Waals surface area contributed by atoms with Crippen LogP contribution >= 0.6 is 0 Å². The zero-order valence-electron chi connectivity index (χ0n) is 16.3. The van der Waals surface area contributed by atoms with Crippen LogP contribution in [-0.2, 0) is 11.3 Å². The standard InChI is InChI=1S/C21H21N3O3.CH2O/c1-14-6-11-19(20(22)24-14)21(25)23-13-15-7-9-16(10-8-15)27-18-5-3-4-17(12-18)26-2;1-2/h3-12H,13H2,1-2H3,(H2,22,24)(H,23,25);1H2.